The molecule has 0 aliphatic carbocycles. The second-order valence-electron chi connectivity index (χ2n) is 2.31. The van der Waals surface area contributed by atoms with Gasteiger partial charge >= 0.3 is 0 Å². The highest BCUT2D eigenvalue weighted by atomic mass is 15.0. The number of hydrogen-bond acceptors (Lipinski definition) is 1. The van der Waals surface area contributed by atoms with E-state index in [1.54, 1.807) is 0 Å². The first kappa shape index (κ1) is 4.13. The molecule has 0 unspecified atom stereocenters. The van der Waals surface area contributed by atoms with Gasteiger partial charge in [0.2, 0.25) is 0 Å². The van der Waals surface area contributed by atoms with E-state index in [0.717, 1.165) is 6.54 Å². The maximum Gasteiger partial charge on any atom is 0.0169 e. The highest BCUT2D eigenvalue weighted by molar-refractivity contribution is 5.03. The summed E-state index contributed by atoms with van der Waals surface area (Å²) in [6.07, 6.45) is 2.26. The van der Waals surface area contributed by atoms with Crippen LogP contribution in [0.5, 0.6) is 0 Å². The van der Waals surface area contributed by atoms with Gasteiger partial charge < -0.3 is 5.32 Å². The number of hydrogen-bond donors (Lipinski definition) is 1. The Balaban J connectivity index is 2.31. The van der Waals surface area contributed by atoms with Gasteiger partial charge in [0.05, 0.1) is 0 Å². The third-order valence-electron chi connectivity index (χ3n) is 1.17. The molecule has 1 N–H and O–H groups in total. The van der Waals surface area contributed by atoms with Gasteiger partial charge in [-0.05, 0) is 20.3 Å². The largest absolute Gasteiger partial charge is 0.311 e. The minimum atomic E-state index is 0.347. The smallest absolute Gasteiger partial charge is 0.0169 e. The number of rotatable bonds is 0. The fourth-order valence-electron chi connectivity index (χ4n) is 0.510. The highest BCUT2D eigenvalue weighted by Crippen LogP contribution is 2.13. The predicted molar refractivity (Wildman–Crippen MR) is 26.4 cm³/mol. The molecule has 1 aliphatic rings. The fourth-order valence-corrected chi connectivity index (χ4v) is 0.510. The topological polar surface area (TPSA) is 12.0 Å². The Kier molecular flexibility index (Phi) is 0.667. The lowest BCUT2D eigenvalue weighted by atomic mass is 9.93. The van der Waals surface area contributed by atoms with Crippen molar-refractivity contribution in [2.24, 2.45) is 0 Å². The van der Waals surface area contributed by atoms with Crippen molar-refractivity contribution in [1.82, 2.24) is 5.32 Å². The van der Waals surface area contributed by atoms with Gasteiger partial charge in [-0.25, -0.2) is 0 Å². The second-order valence-corrected chi connectivity index (χ2v) is 2.31. The van der Waals surface area contributed by atoms with Crippen LogP contribution < -0.4 is 5.32 Å². The lowest BCUT2D eigenvalue weighted by Crippen LogP contribution is -2.52. The van der Waals surface area contributed by atoms with Gasteiger partial charge in [-0.2, -0.15) is 0 Å². The Hall–Kier alpha value is -0.0400. The Labute approximate surface area is 38.7 Å². The molecule has 0 aromatic carbocycles. The minimum absolute atomic E-state index is 0.347. The summed E-state index contributed by atoms with van der Waals surface area (Å²) in [6, 6.07) is 0. The van der Waals surface area contributed by atoms with E-state index in [1.807, 2.05) is 0 Å². The SMILES string of the molecule is CC1(C)[CH]CN1. The molecule has 1 heteroatoms. The molecule has 0 spiro atoms. The van der Waals surface area contributed by atoms with E-state index in [1.165, 1.54) is 0 Å². The molecule has 0 amide bonds. The molecular weight excluding hydrogens is 74.1 g/mol. The zero-order chi connectivity index (χ0) is 4.62. The first-order valence-electron chi connectivity index (χ1n) is 2.30. The molecule has 0 aromatic rings. The van der Waals surface area contributed by atoms with E-state index < -0.39 is 0 Å². The van der Waals surface area contributed by atoms with E-state index in [9.17, 15) is 0 Å². The van der Waals surface area contributed by atoms with Crippen molar-refractivity contribution in [3.63, 3.8) is 0 Å². The summed E-state index contributed by atoms with van der Waals surface area (Å²) in [7, 11) is 0. The average molecular weight is 84.1 g/mol. The summed E-state index contributed by atoms with van der Waals surface area (Å²) in [4.78, 5) is 0. The zero-order valence-corrected chi connectivity index (χ0v) is 4.28. The maximum atomic E-state index is 3.23. The maximum absolute atomic E-state index is 3.23. The van der Waals surface area contributed by atoms with E-state index in [-0.39, 0.29) is 0 Å². The van der Waals surface area contributed by atoms with Crippen LogP contribution in [0.15, 0.2) is 0 Å². The van der Waals surface area contributed by atoms with Gasteiger partial charge in [0.15, 0.2) is 0 Å². The van der Waals surface area contributed by atoms with Crippen molar-refractivity contribution < 1.29 is 0 Å². The Morgan fingerprint density at radius 3 is 2.00 bits per heavy atom. The molecule has 1 rings (SSSR count). The van der Waals surface area contributed by atoms with E-state index in [4.69, 9.17) is 0 Å². The Morgan fingerprint density at radius 1 is 1.67 bits per heavy atom. The predicted octanol–water partition coefficient (Wildman–Crippen LogP) is 0.572. The van der Waals surface area contributed by atoms with E-state index in [0.29, 0.717) is 5.54 Å². The summed E-state index contributed by atoms with van der Waals surface area (Å²) < 4.78 is 0. The molecule has 1 aliphatic heterocycles. The monoisotopic (exact) mass is 84.1 g/mol. The Bertz CT molecular complexity index is 51.0. The molecule has 1 radical (unpaired) electrons. The molecule has 1 heterocycles. The molecule has 0 atom stereocenters. The van der Waals surface area contributed by atoms with Crippen molar-refractivity contribution in [1.29, 1.82) is 0 Å². The van der Waals surface area contributed by atoms with Crippen LogP contribution in [0.4, 0.5) is 0 Å². The molecule has 35 valence electrons. The lowest BCUT2D eigenvalue weighted by molar-refractivity contribution is 0.361. The van der Waals surface area contributed by atoms with Gasteiger partial charge in [-0.15, -0.1) is 0 Å². The van der Waals surface area contributed by atoms with Crippen molar-refractivity contribution in [2.75, 3.05) is 6.54 Å². The van der Waals surface area contributed by atoms with Crippen molar-refractivity contribution in [3.8, 4) is 0 Å². The van der Waals surface area contributed by atoms with Crippen LogP contribution >= 0.6 is 0 Å². The van der Waals surface area contributed by atoms with E-state index in [2.05, 4.69) is 25.6 Å². The minimum Gasteiger partial charge on any atom is -0.311 e. The molecule has 0 aromatic heterocycles. The molecule has 1 saturated heterocycles. The van der Waals surface area contributed by atoms with Crippen LogP contribution in [0, 0.1) is 6.42 Å². The third-order valence-corrected chi connectivity index (χ3v) is 1.17. The van der Waals surface area contributed by atoms with Crippen LogP contribution in [-0.2, 0) is 0 Å². The normalized spacial score (nSPS) is 29.0. The lowest BCUT2D eigenvalue weighted by Gasteiger charge is -2.35. The van der Waals surface area contributed by atoms with Gasteiger partial charge in [0.25, 0.3) is 0 Å². The molecule has 1 nitrogen and oxygen atoms in total. The van der Waals surface area contributed by atoms with Crippen molar-refractivity contribution in [3.05, 3.63) is 6.42 Å². The molecular formula is C5H10N. The zero-order valence-electron chi connectivity index (χ0n) is 4.28. The van der Waals surface area contributed by atoms with Crippen LogP contribution in [0.1, 0.15) is 13.8 Å². The van der Waals surface area contributed by atoms with Crippen LogP contribution in [-0.4, -0.2) is 12.1 Å². The first-order valence-corrected chi connectivity index (χ1v) is 2.30. The van der Waals surface area contributed by atoms with Crippen LogP contribution in [0.3, 0.4) is 0 Å². The van der Waals surface area contributed by atoms with Crippen molar-refractivity contribution >= 4 is 0 Å². The summed E-state index contributed by atoms with van der Waals surface area (Å²) in [5.41, 5.74) is 0.347. The summed E-state index contributed by atoms with van der Waals surface area (Å²) in [5.74, 6) is 0. The average Bonchev–Trinajstić information content (AvgIpc) is 1.32. The van der Waals surface area contributed by atoms with E-state index >= 15 is 0 Å². The summed E-state index contributed by atoms with van der Waals surface area (Å²) in [6.45, 7) is 5.42. The molecule has 0 bridgehead atoms. The second kappa shape index (κ2) is 0.969. The Morgan fingerprint density at radius 2 is 2.00 bits per heavy atom. The van der Waals surface area contributed by atoms with Crippen LogP contribution in [0.2, 0.25) is 0 Å². The quantitative estimate of drug-likeness (QED) is 0.452. The first-order chi connectivity index (χ1) is 2.71. The summed E-state index contributed by atoms with van der Waals surface area (Å²) in [5, 5.41) is 3.23. The van der Waals surface area contributed by atoms with Gasteiger partial charge in [-0.1, -0.05) is 0 Å². The van der Waals surface area contributed by atoms with Crippen LogP contribution in [0.25, 0.3) is 0 Å². The van der Waals surface area contributed by atoms with Crippen molar-refractivity contribution in [2.45, 2.75) is 19.4 Å². The molecule has 6 heavy (non-hydrogen) atoms. The summed E-state index contributed by atoms with van der Waals surface area (Å²) >= 11 is 0. The standard InChI is InChI=1S/C5H10N/c1-5(2)3-4-6-5/h3,6H,4H2,1-2H3. The third kappa shape index (κ3) is 0.548. The molecule has 1 fully saturated rings. The van der Waals surface area contributed by atoms with Gasteiger partial charge in [0.1, 0.15) is 0 Å². The number of nitrogens with one attached hydrogen (secondary N) is 1. The fraction of sp³-hybridized carbons (Fsp3) is 0.800. The van der Waals surface area contributed by atoms with Gasteiger partial charge in [-0.3, -0.25) is 0 Å². The molecule has 0 saturated carbocycles. The van der Waals surface area contributed by atoms with Gasteiger partial charge in [0, 0.05) is 12.1 Å². The highest BCUT2D eigenvalue weighted by Gasteiger charge is 2.24.